The van der Waals surface area contributed by atoms with E-state index in [1.165, 1.54) is 18.2 Å². The molecule has 0 fully saturated rings. The highest BCUT2D eigenvalue weighted by Gasteiger charge is 2.12. The molecule has 0 radical (unpaired) electrons. The van der Waals surface area contributed by atoms with Crippen LogP contribution in [0.1, 0.15) is 5.56 Å². The molecule has 0 heterocycles. The standard InChI is InChI=1S/C14H12ClFN2O2/c15-11-5-3-6-12(16)14(11)17-9-8-10-4-1-2-7-13(10)18(19)20/h1-7,17H,8-9H2. The number of benzene rings is 2. The molecule has 0 saturated heterocycles. The van der Waals surface area contributed by atoms with E-state index in [0.29, 0.717) is 18.5 Å². The summed E-state index contributed by atoms with van der Waals surface area (Å²) in [6, 6.07) is 10.9. The lowest BCUT2D eigenvalue weighted by Gasteiger charge is -2.09. The zero-order valence-corrected chi connectivity index (χ0v) is 11.2. The summed E-state index contributed by atoms with van der Waals surface area (Å²) in [5.74, 6) is -0.444. The SMILES string of the molecule is O=[N+]([O-])c1ccccc1CCNc1c(F)cccc1Cl. The maximum Gasteiger partial charge on any atom is 0.272 e. The van der Waals surface area contributed by atoms with Crippen molar-refractivity contribution < 1.29 is 9.31 Å². The summed E-state index contributed by atoms with van der Waals surface area (Å²) in [5.41, 5.74) is 0.874. The smallest absolute Gasteiger partial charge is 0.272 e. The van der Waals surface area contributed by atoms with E-state index < -0.39 is 10.7 Å². The highest BCUT2D eigenvalue weighted by atomic mass is 35.5. The van der Waals surface area contributed by atoms with Gasteiger partial charge in [-0.25, -0.2) is 4.39 Å². The molecule has 0 spiro atoms. The number of nitro groups is 1. The summed E-state index contributed by atoms with van der Waals surface area (Å²) in [5, 5.41) is 14.0. The maximum atomic E-state index is 13.5. The van der Waals surface area contributed by atoms with E-state index >= 15 is 0 Å². The van der Waals surface area contributed by atoms with Crippen LogP contribution < -0.4 is 5.32 Å². The van der Waals surface area contributed by atoms with Crippen LogP contribution in [-0.4, -0.2) is 11.5 Å². The number of hydrogen-bond acceptors (Lipinski definition) is 3. The molecule has 0 aliphatic carbocycles. The Kier molecular flexibility index (Phi) is 4.53. The predicted molar refractivity (Wildman–Crippen MR) is 76.7 cm³/mol. The third kappa shape index (κ3) is 3.24. The summed E-state index contributed by atoms with van der Waals surface area (Å²) in [7, 11) is 0. The molecule has 0 atom stereocenters. The minimum atomic E-state index is -0.444. The third-order valence-electron chi connectivity index (χ3n) is 2.85. The minimum absolute atomic E-state index is 0.0638. The van der Waals surface area contributed by atoms with Crippen molar-refractivity contribution in [1.82, 2.24) is 0 Å². The van der Waals surface area contributed by atoms with Gasteiger partial charge in [-0.1, -0.05) is 35.9 Å². The van der Waals surface area contributed by atoms with Crippen LogP contribution in [0.3, 0.4) is 0 Å². The summed E-state index contributed by atoms with van der Waals surface area (Å²) in [6.07, 6.45) is 0.405. The van der Waals surface area contributed by atoms with Crippen molar-refractivity contribution >= 4 is 23.0 Å². The van der Waals surface area contributed by atoms with Gasteiger partial charge < -0.3 is 5.32 Å². The van der Waals surface area contributed by atoms with Crippen LogP contribution in [0.2, 0.25) is 5.02 Å². The number of halogens is 2. The fourth-order valence-corrected chi connectivity index (χ4v) is 2.12. The molecule has 0 aliphatic rings. The second-order valence-corrected chi connectivity index (χ2v) is 4.57. The highest BCUT2D eigenvalue weighted by molar-refractivity contribution is 6.33. The van der Waals surface area contributed by atoms with Gasteiger partial charge in [0.1, 0.15) is 5.82 Å². The average molecular weight is 295 g/mol. The van der Waals surface area contributed by atoms with Gasteiger partial charge in [-0.2, -0.15) is 0 Å². The molecule has 0 amide bonds. The monoisotopic (exact) mass is 294 g/mol. The number of nitrogens with one attached hydrogen (secondary N) is 1. The van der Waals surface area contributed by atoms with Crippen molar-refractivity contribution in [3.8, 4) is 0 Å². The van der Waals surface area contributed by atoms with E-state index in [1.54, 1.807) is 24.3 Å². The topological polar surface area (TPSA) is 55.2 Å². The maximum absolute atomic E-state index is 13.5. The summed E-state index contributed by atoms with van der Waals surface area (Å²) in [4.78, 5) is 10.4. The number of anilines is 1. The van der Waals surface area contributed by atoms with Gasteiger partial charge in [0.05, 0.1) is 15.6 Å². The Morgan fingerprint density at radius 1 is 1.20 bits per heavy atom. The first kappa shape index (κ1) is 14.3. The Bertz CT molecular complexity index is 614. The van der Waals surface area contributed by atoms with Crippen LogP contribution in [0.4, 0.5) is 15.8 Å². The van der Waals surface area contributed by atoms with Gasteiger partial charge in [0, 0.05) is 18.2 Å². The lowest BCUT2D eigenvalue weighted by atomic mass is 10.1. The van der Waals surface area contributed by atoms with E-state index in [0.717, 1.165) is 0 Å². The van der Waals surface area contributed by atoms with E-state index in [1.807, 2.05) is 0 Å². The zero-order chi connectivity index (χ0) is 14.5. The normalized spacial score (nSPS) is 10.3. The molecular formula is C14H12ClFN2O2. The van der Waals surface area contributed by atoms with Gasteiger partial charge in [-0.3, -0.25) is 10.1 Å². The Labute approximate surface area is 120 Å². The van der Waals surface area contributed by atoms with Gasteiger partial charge >= 0.3 is 0 Å². The van der Waals surface area contributed by atoms with Crippen LogP contribution in [-0.2, 0) is 6.42 Å². The first-order valence-corrected chi connectivity index (χ1v) is 6.37. The Balaban J connectivity index is 2.05. The highest BCUT2D eigenvalue weighted by Crippen LogP contribution is 2.25. The Morgan fingerprint density at radius 2 is 1.95 bits per heavy atom. The molecule has 0 aromatic heterocycles. The molecule has 2 rings (SSSR count). The molecule has 1 N–H and O–H groups in total. The minimum Gasteiger partial charge on any atom is -0.381 e. The molecule has 0 aliphatic heterocycles. The number of para-hydroxylation sites is 2. The zero-order valence-electron chi connectivity index (χ0n) is 10.5. The molecule has 0 unspecified atom stereocenters. The molecule has 2 aromatic rings. The van der Waals surface area contributed by atoms with Gasteiger partial charge in [0.25, 0.3) is 5.69 Å². The molecular weight excluding hydrogens is 283 g/mol. The summed E-state index contributed by atoms with van der Waals surface area (Å²) >= 11 is 5.88. The predicted octanol–water partition coefficient (Wildman–Crippen LogP) is 4.04. The van der Waals surface area contributed by atoms with Crippen LogP contribution in [0.5, 0.6) is 0 Å². The van der Waals surface area contributed by atoms with Gasteiger partial charge in [-0.15, -0.1) is 0 Å². The van der Waals surface area contributed by atoms with Gasteiger partial charge in [-0.05, 0) is 18.6 Å². The van der Waals surface area contributed by atoms with Crippen LogP contribution in [0.15, 0.2) is 42.5 Å². The van der Waals surface area contributed by atoms with Crippen molar-refractivity contribution in [2.45, 2.75) is 6.42 Å². The lowest BCUT2D eigenvalue weighted by molar-refractivity contribution is -0.385. The number of hydrogen-bond donors (Lipinski definition) is 1. The molecule has 4 nitrogen and oxygen atoms in total. The number of nitro benzene ring substituents is 1. The van der Waals surface area contributed by atoms with Crippen LogP contribution >= 0.6 is 11.6 Å². The fraction of sp³-hybridized carbons (Fsp3) is 0.143. The molecule has 6 heteroatoms. The molecule has 0 saturated carbocycles. The molecule has 0 bridgehead atoms. The second kappa shape index (κ2) is 6.34. The van der Waals surface area contributed by atoms with Crippen LogP contribution in [0.25, 0.3) is 0 Å². The molecule has 104 valence electrons. The van der Waals surface area contributed by atoms with E-state index in [-0.39, 0.29) is 16.4 Å². The summed E-state index contributed by atoms with van der Waals surface area (Å²) < 4.78 is 13.5. The van der Waals surface area contributed by atoms with E-state index in [4.69, 9.17) is 11.6 Å². The average Bonchev–Trinajstić information content (AvgIpc) is 2.42. The van der Waals surface area contributed by atoms with Gasteiger partial charge in [0.2, 0.25) is 0 Å². The largest absolute Gasteiger partial charge is 0.381 e. The van der Waals surface area contributed by atoms with Crippen molar-refractivity contribution in [3.05, 3.63) is 69.0 Å². The van der Waals surface area contributed by atoms with Crippen molar-refractivity contribution in [3.63, 3.8) is 0 Å². The summed E-state index contributed by atoms with van der Waals surface area (Å²) in [6.45, 7) is 0.353. The van der Waals surface area contributed by atoms with Crippen LogP contribution in [0, 0.1) is 15.9 Å². The second-order valence-electron chi connectivity index (χ2n) is 4.16. The van der Waals surface area contributed by atoms with Crippen molar-refractivity contribution in [1.29, 1.82) is 0 Å². The van der Waals surface area contributed by atoms with Crippen molar-refractivity contribution in [2.75, 3.05) is 11.9 Å². The Hall–Kier alpha value is -2.14. The Morgan fingerprint density at radius 3 is 2.65 bits per heavy atom. The number of nitrogens with zero attached hydrogens (tertiary/aromatic N) is 1. The van der Waals surface area contributed by atoms with Crippen molar-refractivity contribution in [2.24, 2.45) is 0 Å². The van der Waals surface area contributed by atoms with Gasteiger partial charge in [0.15, 0.2) is 0 Å². The third-order valence-corrected chi connectivity index (χ3v) is 3.16. The quantitative estimate of drug-likeness (QED) is 0.669. The fourth-order valence-electron chi connectivity index (χ4n) is 1.89. The lowest BCUT2D eigenvalue weighted by Crippen LogP contribution is -2.08. The first-order chi connectivity index (χ1) is 9.59. The van der Waals surface area contributed by atoms with E-state index in [2.05, 4.69) is 5.32 Å². The van der Waals surface area contributed by atoms with E-state index in [9.17, 15) is 14.5 Å². The molecule has 2 aromatic carbocycles. The number of rotatable bonds is 5. The molecule has 20 heavy (non-hydrogen) atoms. The first-order valence-electron chi connectivity index (χ1n) is 6.00.